The molecule has 0 saturated heterocycles. The Kier molecular flexibility index (Phi) is 4.96. The molecule has 0 aliphatic rings. The number of rotatable bonds is 4. The summed E-state index contributed by atoms with van der Waals surface area (Å²) in [6.07, 6.45) is 1.96. The van der Waals surface area contributed by atoms with Crippen LogP contribution in [0.4, 0.5) is 5.82 Å². The van der Waals surface area contributed by atoms with Crippen LogP contribution in [0.15, 0.2) is 24.3 Å². The van der Waals surface area contributed by atoms with Gasteiger partial charge in [0.25, 0.3) is 0 Å². The number of benzene rings is 1. The van der Waals surface area contributed by atoms with Crippen molar-refractivity contribution in [1.29, 1.82) is 0 Å². The summed E-state index contributed by atoms with van der Waals surface area (Å²) in [5.74, 6) is 1.85. The minimum atomic E-state index is 0.549. The molecular formula is C16H20IN3. The molecule has 1 heterocycles. The van der Waals surface area contributed by atoms with Crippen molar-refractivity contribution < 1.29 is 0 Å². The fourth-order valence-electron chi connectivity index (χ4n) is 2.05. The molecule has 1 aromatic carbocycles. The second kappa shape index (κ2) is 6.52. The zero-order chi connectivity index (χ0) is 14.7. The highest BCUT2D eigenvalue weighted by Crippen LogP contribution is 2.24. The molecule has 0 bridgehead atoms. The molecule has 1 aromatic heterocycles. The van der Waals surface area contributed by atoms with Gasteiger partial charge in [0.1, 0.15) is 5.82 Å². The molecule has 0 spiro atoms. The van der Waals surface area contributed by atoms with Crippen molar-refractivity contribution in [2.24, 2.45) is 5.92 Å². The van der Waals surface area contributed by atoms with E-state index in [1.165, 1.54) is 5.56 Å². The maximum atomic E-state index is 6.03. The maximum absolute atomic E-state index is 6.03. The number of hydrogen-bond acceptors (Lipinski definition) is 3. The Hall–Kier alpha value is -1.17. The van der Waals surface area contributed by atoms with Gasteiger partial charge >= 0.3 is 0 Å². The first kappa shape index (κ1) is 15.2. The van der Waals surface area contributed by atoms with E-state index in [9.17, 15) is 0 Å². The minimum Gasteiger partial charge on any atom is -0.383 e. The number of halogens is 1. The number of nitrogens with two attached hydrogens (primary N) is 1. The molecule has 2 aromatic rings. The van der Waals surface area contributed by atoms with E-state index in [0.29, 0.717) is 11.7 Å². The van der Waals surface area contributed by atoms with E-state index in [1.807, 2.05) is 0 Å². The van der Waals surface area contributed by atoms with Crippen molar-refractivity contribution >= 4 is 28.4 Å². The zero-order valence-electron chi connectivity index (χ0n) is 12.2. The molecule has 2 rings (SSSR count). The summed E-state index contributed by atoms with van der Waals surface area (Å²) in [6.45, 7) is 6.52. The SMILES string of the molecule is CCc1ccc(-c2nc(N)c(I)c(CC(C)C)n2)cc1. The molecule has 3 nitrogen and oxygen atoms in total. The number of nitrogen functional groups attached to an aromatic ring is 1. The van der Waals surface area contributed by atoms with Crippen LogP contribution >= 0.6 is 22.6 Å². The van der Waals surface area contributed by atoms with Crippen molar-refractivity contribution in [3.05, 3.63) is 39.1 Å². The van der Waals surface area contributed by atoms with Crippen LogP contribution in [0, 0.1) is 9.49 Å². The molecule has 0 aliphatic heterocycles. The van der Waals surface area contributed by atoms with Gasteiger partial charge in [0, 0.05) is 5.56 Å². The van der Waals surface area contributed by atoms with Crippen LogP contribution in [-0.2, 0) is 12.8 Å². The lowest BCUT2D eigenvalue weighted by atomic mass is 10.1. The molecule has 0 aliphatic carbocycles. The molecule has 0 radical (unpaired) electrons. The highest BCUT2D eigenvalue weighted by molar-refractivity contribution is 14.1. The fraction of sp³-hybridized carbons (Fsp3) is 0.375. The highest BCUT2D eigenvalue weighted by Gasteiger charge is 2.12. The molecule has 106 valence electrons. The van der Waals surface area contributed by atoms with E-state index in [0.717, 1.165) is 33.5 Å². The van der Waals surface area contributed by atoms with Gasteiger partial charge in [-0.2, -0.15) is 0 Å². The summed E-state index contributed by atoms with van der Waals surface area (Å²) in [5.41, 5.74) is 9.41. The molecule has 0 atom stereocenters. The zero-order valence-corrected chi connectivity index (χ0v) is 14.3. The molecule has 0 amide bonds. The molecule has 0 fully saturated rings. The van der Waals surface area contributed by atoms with Gasteiger partial charge < -0.3 is 5.73 Å². The third-order valence-corrected chi connectivity index (χ3v) is 4.34. The number of nitrogens with zero attached hydrogens (tertiary/aromatic N) is 2. The maximum Gasteiger partial charge on any atom is 0.161 e. The second-order valence-corrected chi connectivity index (χ2v) is 6.42. The van der Waals surface area contributed by atoms with Gasteiger partial charge in [-0.3, -0.25) is 0 Å². The van der Waals surface area contributed by atoms with Gasteiger partial charge in [0.2, 0.25) is 0 Å². The summed E-state index contributed by atoms with van der Waals surface area (Å²) in [5, 5.41) is 0. The summed E-state index contributed by atoms with van der Waals surface area (Å²) in [4.78, 5) is 9.13. The molecule has 0 unspecified atom stereocenters. The lowest BCUT2D eigenvalue weighted by Crippen LogP contribution is -2.07. The van der Waals surface area contributed by atoms with Crippen molar-refractivity contribution in [3.63, 3.8) is 0 Å². The average molecular weight is 381 g/mol. The van der Waals surface area contributed by atoms with E-state index in [1.54, 1.807) is 0 Å². The van der Waals surface area contributed by atoms with Crippen LogP contribution in [0.2, 0.25) is 0 Å². The number of hydrogen-bond donors (Lipinski definition) is 1. The average Bonchev–Trinajstić information content (AvgIpc) is 2.43. The van der Waals surface area contributed by atoms with E-state index in [2.05, 4.69) is 72.6 Å². The predicted molar refractivity (Wildman–Crippen MR) is 92.5 cm³/mol. The van der Waals surface area contributed by atoms with E-state index in [-0.39, 0.29) is 0 Å². The van der Waals surface area contributed by atoms with Crippen LogP contribution in [0.25, 0.3) is 11.4 Å². The Morgan fingerprint density at radius 2 is 1.80 bits per heavy atom. The van der Waals surface area contributed by atoms with Crippen LogP contribution in [0.5, 0.6) is 0 Å². The standard InChI is InChI=1S/C16H20IN3/c1-4-11-5-7-12(8-6-11)16-19-13(9-10(2)3)14(17)15(18)20-16/h5-8,10H,4,9H2,1-3H3,(H2,18,19,20). The van der Waals surface area contributed by atoms with E-state index >= 15 is 0 Å². The molecular weight excluding hydrogens is 361 g/mol. The topological polar surface area (TPSA) is 51.8 Å². The summed E-state index contributed by atoms with van der Waals surface area (Å²) >= 11 is 2.24. The van der Waals surface area contributed by atoms with Gasteiger partial charge in [-0.1, -0.05) is 45.0 Å². The lowest BCUT2D eigenvalue weighted by Gasteiger charge is -2.11. The molecule has 2 N–H and O–H groups in total. The Morgan fingerprint density at radius 3 is 2.35 bits per heavy atom. The van der Waals surface area contributed by atoms with Gasteiger partial charge in [0.15, 0.2) is 5.82 Å². The first-order chi connectivity index (χ1) is 9.51. The quantitative estimate of drug-likeness (QED) is 0.812. The van der Waals surface area contributed by atoms with Crippen LogP contribution < -0.4 is 5.73 Å². The predicted octanol–water partition coefficient (Wildman–Crippen LogP) is 4.09. The van der Waals surface area contributed by atoms with E-state index < -0.39 is 0 Å². The minimum absolute atomic E-state index is 0.549. The summed E-state index contributed by atoms with van der Waals surface area (Å²) in [7, 11) is 0. The molecule has 0 saturated carbocycles. The van der Waals surface area contributed by atoms with Crippen molar-refractivity contribution in [2.75, 3.05) is 5.73 Å². The summed E-state index contributed by atoms with van der Waals surface area (Å²) < 4.78 is 0.977. The van der Waals surface area contributed by atoms with Gasteiger partial charge in [0.05, 0.1) is 9.26 Å². The Bertz CT molecular complexity index is 591. The monoisotopic (exact) mass is 381 g/mol. The Morgan fingerprint density at radius 1 is 1.15 bits per heavy atom. The smallest absolute Gasteiger partial charge is 0.161 e. The van der Waals surface area contributed by atoms with Crippen molar-refractivity contribution in [3.8, 4) is 11.4 Å². The van der Waals surface area contributed by atoms with Gasteiger partial charge in [-0.25, -0.2) is 9.97 Å². The van der Waals surface area contributed by atoms with Gasteiger partial charge in [-0.15, -0.1) is 0 Å². The van der Waals surface area contributed by atoms with Crippen LogP contribution in [0.3, 0.4) is 0 Å². The number of aromatic nitrogens is 2. The van der Waals surface area contributed by atoms with E-state index in [4.69, 9.17) is 10.7 Å². The molecule has 20 heavy (non-hydrogen) atoms. The first-order valence-corrected chi connectivity index (χ1v) is 8.00. The third kappa shape index (κ3) is 3.48. The van der Waals surface area contributed by atoms with Crippen LogP contribution in [-0.4, -0.2) is 9.97 Å². The number of aryl methyl sites for hydroxylation is 1. The normalized spacial score (nSPS) is 11.1. The Labute approximate surface area is 134 Å². The summed E-state index contributed by atoms with van der Waals surface area (Å²) in [6, 6.07) is 8.38. The third-order valence-electron chi connectivity index (χ3n) is 3.17. The number of anilines is 1. The van der Waals surface area contributed by atoms with Crippen molar-refractivity contribution in [2.45, 2.75) is 33.6 Å². The lowest BCUT2D eigenvalue weighted by molar-refractivity contribution is 0.632. The fourth-order valence-corrected chi connectivity index (χ4v) is 2.51. The second-order valence-electron chi connectivity index (χ2n) is 5.34. The van der Waals surface area contributed by atoms with Crippen molar-refractivity contribution in [1.82, 2.24) is 9.97 Å². The van der Waals surface area contributed by atoms with Crippen LogP contribution in [0.1, 0.15) is 32.0 Å². The largest absolute Gasteiger partial charge is 0.383 e. The Balaban J connectivity index is 2.42. The van der Waals surface area contributed by atoms with Gasteiger partial charge in [-0.05, 0) is 46.9 Å². The molecule has 4 heteroatoms. The highest BCUT2D eigenvalue weighted by atomic mass is 127. The first-order valence-electron chi connectivity index (χ1n) is 6.92.